The molecule has 4 rings (SSSR count). The lowest BCUT2D eigenvalue weighted by Gasteiger charge is -2.21. The summed E-state index contributed by atoms with van der Waals surface area (Å²) in [6.45, 7) is 19.1. The number of anilines is 1. The van der Waals surface area contributed by atoms with Crippen LogP contribution in [0.15, 0.2) is 112 Å². The van der Waals surface area contributed by atoms with Crippen molar-refractivity contribution >= 4 is 34.3 Å². The summed E-state index contributed by atoms with van der Waals surface area (Å²) in [5.74, 6) is 1.83. The maximum atomic E-state index is 4.78. The molecule has 5 heteroatoms. The molecule has 0 aliphatic carbocycles. The van der Waals surface area contributed by atoms with Gasteiger partial charge in [-0.05, 0) is 63.3 Å². The Balaban J connectivity index is 0.000000251. The average Bonchev–Trinajstić information content (AvgIpc) is 3.05. The molecule has 0 saturated carbocycles. The molecule has 4 aromatic rings. The van der Waals surface area contributed by atoms with Crippen molar-refractivity contribution in [2.45, 2.75) is 92.2 Å². The second kappa shape index (κ2) is 18.9. The molecule has 0 aromatic heterocycles. The first-order chi connectivity index (χ1) is 22.1. The van der Waals surface area contributed by atoms with Crippen LogP contribution >= 0.6 is 11.8 Å². The van der Waals surface area contributed by atoms with Gasteiger partial charge in [0, 0.05) is 5.69 Å². The van der Waals surface area contributed by atoms with Crippen LogP contribution in [0.25, 0.3) is 0 Å². The third-order valence-electron chi connectivity index (χ3n) is 7.73. The molecule has 0 amide bonds. The zero-order chi connectivity index (χ0) is 33.5. The predicted octanol–water partition coefficient (Wildman–Crippen LogP) is 12.2. The Labute approximate surface area is 282 Å². The van der Waals surface area contributed by atoms with Gasteiger partial charge >= 0.3 is 0 Å². The van der Waals surface area contributed by atoms with Crippen molar-refractivity contribution in [3.8, 4) is 0 Å². The number of aliphatic imine (C=N–C) groups is 3. The van der Waals surface area contributed by atoms with E-state index in [1.807, 2.05) is 24.3 Å². The lowest BCUT2D eigenvalue weighted by molar-refractivity contribution is 0.835. The highest BCUT2D eigenvalue weighted by Gasteiger charge is 2.15. The number of para-hydroxylation sites is 2. The Hall–Kier alpha value is -3.92. The van der Waals surface area contributed by atoms with Crippen LogP contribution in [0.4, 0.5) is 11.4 Å². The molecular weight excluding hydrogens is 581 g/mol. The lowest BCUT2D eigenvalue weighted by atomic mass is 9.93. The highest BCUT2D eigenvalue weighted by molar-refractivity contribution is 8.13. The van der Waals surface area contributed by atoms with Crippen LogP contribution in [-0.4, -0.2) is 17.4 Å². The van der Waals surface area contributed by atoms with E-state index in [1.165, 1.54) is 39.1 Å². The van der Waals surface area contributed by atoms with Crippen LogP contribution in [0.2, 0.25) is 0 Å². The minimum atomic E-state index is 0.438. The molecule has 0 atom stereocenters. The highest BCUT2D eigenvalue weighted by Crippen LogP contribution is 2.35. The van der Waals surface area contributed by atoms with E-state index in [0.29, 0.717) is 36.8 Å². The SMILES string of the molecule is CC(C)c1cccc(C(C)C)c1N=C=NCc1ccccc1.CSC(=NCc1ccccc1)Nc1c(C(C)C)cccc1C(C)C. The summed E-state index contributed by atoms with van der Waals surface area (Å²) in [7, 11) is 0. The fourth-order valence-corrected chi connectivity index (χ4v) is 5.54. The maximum Gasteiger partial charge on any atom is 0.161 e. The Morgan fingerprint density at radius 1 is 0.587 bits per heavy atom. The van der Waals surface area contributed by atoms with E-state index in [4.69, 9.17) is 4.99 Å². The van der Waals surface area contributed by atoms with E-state index < -0.39 is 0 Å². The first kappa shape index (κ1) is 36.5. The molecule has 242 valence electrons. The summed E-state index contributed by atoms with van der Waals surface area (Å²) in [4.78, 5) is 13.6. The Morgan fingerprint density at radius 2 is 1.02 bits per heavy atom. The van der Waals surface area contributed by atoms with E-state index in [0.717, 1.165) is 10.9 Å². The molecule has 0 radical (unpaired) electrons. The van der Waals surface area contributed by atoms with E-state index in [9.17, 15) is 0 Å². The Morgan fingerprint density at radius 3 is 1.46 bits per heavy atom. The van der Waals surface area contributed by atoms with Crippen LogP contribution in [0.5, 0.6) is 0 Å². The monoisotopic (exact) mass is 632 g/mol. The van der Waals surface area contributed by atoms with Gasteiger partial charge < -0.3 is 5.32 Å². The van der Waals surface area contributed by atoms with Gasteiger partial charge in [-0.2, -0.15) is 4.99 Å². The molecule has 4 aromatic carbocycles. The molecule has 1 N–H and O–H groups in total. The van der Waals surface area contributed by atoms with Gasteiger partial charge in [0.05, 0.1) is 24.8 Å². The van der Waals surface area contributed by atoms with E-state index in [-0.39, 0.29) is 0 Å². The molecule has 0 saturated heterocycles. The number of rotatable bonds is 10. The normalized spacial score (nSPS) is 11.4. The highest BCUT2D eigenvalue weighted by atomic mass is 32.2. The zero-order valence-electron chi connectivity index (χ0n) is 29.2. The number of hydrogen-bond acceptors (Lipinski definition) is 4. The summed E-state index contributed by atoms with van der Waals surface area (Å²) >= 11 is 1.66. The first-order valence-corrected chi connectivity index (χ1v) is 17.7. The van der Waals surface area contributed by atoms with Crippen LogP contribution in [0, 0.1) is 0 Å². The first-order valence-electron chi connectivity index (χ1n) is 16.4. The summed E-state index contributed by atoms with van der Waals surface area (Å²) in [5, 5.41) is 4.58. The average molecular weight is 633 g/mol. The Kier molecular flexibility index (Phi) is 15.0. The number of hydrogen-bond donors (Lipinski definition) is 1. The third kappa shape index (κ3) is 11.2. The summed E-state index contributed by atoms with van der Waals surface area (Å²) in [6, 6.07) is 36.5. The smallest absolute Gasteiger partial charge is 0.161 e. The van der Waals surface area contributed by atoms with Gasteiger partial charge in [-0.15, -0.1) is 0 Å². The van der Waals surface area contributed by atoms with Gasteiger partial charge in [-0.1, -0.05) is 164 Å². The van der Waals surface area contributed by atoms with Gasteiger partial charge in [0.15, 0.2) is 5.17 Å². The summed E-state index contributed by atoms with van der Waals surface area (Å²) in [6.07, 6.45) is 2.07. The molecule has 0 aliphatic rings. The van der Waals surface area contributed by atoms with Crippen molar-refractivity contribution in [1.82, 2.24) is 0 Å². The van der Waals surface area contributed by atoms with Crippen LogP contribution < -0.4 is 5.32 Å². The second-order valence-corrected chi connectivity index (χ2v) is 13.5. The number of benzene rings is 4. The van der Waals surface area contributed by atoms with Gasteiger partial charge in [0.25, 0.3) is 0 Å². The van der Waals surface area contributed by atoms with E-state index in [1.54, 1.807) is 11.8 Å². The third-order valence-corrected chi connectivity index (χ3v) is 8.34. The second-order valence-electron chi connectivity index (χ2n) is 12.7. The minimum Gasteiger partial charge on any atom is -0.335 e. The minimum absolute atomic E-state index is 0.438. The van der Waals surface area contributed by atoms with Gasteiger partial charge in [-0.3, -0.25) is 4.99 Å². The van der Waals surface area contributed by atoms with Crippen LogP contribution in [0.3, 0.4) is 0 Å². The lowest BCUT2D eigenvalue weighted by Crippen LogP contribution is -2.13. The van der Waals surface area contributed by atoms with Crippen molar-refractivity contribution in [1.29, 1.82) is 0 Å². The molecule has 0 bridgehead atoms. The standard InChI is InChI=1S/C21H28N2S.C20H24N2/c1-15(2)18-12-9-13-19(16(3)4)20(18)23-21(24-5)22-14-17-10-7-6-8-11-17;1-15(2)18-11-8-12-19(16(3)4)20(18)22-14-21-13-17-9-6-5-7-10-17/h6-13,15-16H,14H2,1-5H3,(H,22,23);5-12,15-16H,13H2,1-4H3. The van der Waals surface area contributed by atoms with Gasteiger partial charge in [-0.25, -0.2) is 4.99 Å². The molecule has 4 nitrogen and oxygen atoms in total. The summed E-state index contributed by atoms with van der Waals surface area (Å²) in [5.41, 5.74) is 9.87. The molecular formula is C41H52N4S. The van der Waals surface area contributed by atoms with Crippen molar-refractivity contribution in [3.63, 3.8) is 0 Å². The fraction of sp³-hybridized carbons (Fsp3) is 0.366. The van der Waals surface area contributed by atoms with Crippen molar-refractivity contribution in [2.75, 3.05) is 11.6 Å². The maximum absolute atomic E-state index is 4.78. The van der Waals surface area contributed by atoms with Gasteiger partial charge in [0.1, 0.15) is 0 Å². The topological polar surface area (TPSA) is 49.1 Å². The molecule has 0 aliphatic heterocycles. The fourth-order valence-electron chi connectivity index (χ4n) is 5.14. The molecule has 0 unspecified atom stereocenters. The van der Waals surface area contributed by atoms with Crippen molar-refractivity contribution < 1.29 is 0 Å². The predicted molar refractivity (Wildman–Crippen MR) is 204 cm³/mol. The zero-order valence-corrected chi connectivity index (χ0v) is 30.0. The molecule has 0 spiro atoms. The quantitative estimate of drug-likeness (QED) is 0.140. The van der Waals surface area contributed by atoms with Gasteiger partial charge in [0.2, 0.25) is 0 Å². The van der Waals surface area contributed by atoms with Crippen molar-refractivity contribution in [2.24, 2.45) is 15.0 Å². The number of amidine groups is 1. The number of nitrogens with one attached hydrogen (secondary N) is 1. The van der Waals surface area contributed by atoms with E-state index in [2.05, 4.69) is 156 Å². The molecule has 0 fully saturated rings. The van der Waals surface area contributed by atoms with Crippen molar-refractivity contribution in [3.05, 3.63) is 130 Å². The summed E-state index contributed by atoms with van der Waals surface area (Å²) < 4.78 is 0. The Bertz CT molecular complexity index is 1530. The molecule has 0 heterocycles. The van der Waals surface area contributed by atoms with E-state index >= 15 is 0 Å². The van der Waals surface area contributed by atoms with Crippen LogP contribution in [0.1, 0.15) is 112 Å². The number of nitrogens with zero attached hydrogens (tertiary/aromatic N) is 3. The molecule has 46 heavy (non-hydrogen) atoms. The number of thioether (sulfide) groups is 1. The van der Waals surface area contributed by atoms with Crippen LogP contribution in [-0.2, 0) is 13.1 Å². The largest absolute Gasteiger partial charge is 0.335 e.